The molecule has 8 nitrogen and oxygen atoms in total. The van der Waals surface area contributed by atoms with Gasteiger partial charge in [0.05, 0.1) is 23.3 Å². The number of aliphatic hydroxyl groups is 2. The highest BCUT2D eigenvalue weighted by Gasteiger charge is 2.12. The maximum atomic E-state index is 10.6. The van der Waals surface area contributed by atoms with E-state index >= 15 is 0 Å². The Morgan fingerprint density at radius 3 is 2.89 bits per heavy atom. The summed E-state index contributed by atoms with van der Waals surface area (Å²) in [4.78, 5) is 10.1. The summed E-state index contributed by atoms with van der Waals surface area (Å²) in [5.74, 6) is 0.162. The molecule has 1 rings (SSSR count). The van der Waals surface area contributed by atoms with Gasteiger partial charge in [0.25, 0.3) is 5.69 Å². The monoisotopic (exact) mass is 271 g/mol. The molecule has 0 aliphatic rings. The van der Waals surface area contributed by atoms with Crippen LogP contribution in [-0.2, 0) is 0 Å². The maximum Gasteiger partial charge on any atom is 0.273 e. The Balaban J connectivity index is 2.52. The number of aliphatic hydroxyl groups excluding tert-OH is 2. The fourth-order valence-electron chi connectivity index (χ4n) is 1.35. The number of nitrogen functional groups attached to an aromatic ring is 1. The second-order valence-corrected chi connectivity index (χ2v) is 3.87. The minimum Gasteiger partial charge on any atom is -0.488 e. The Kier molecular flexibility index (Phi) is 6.00. The van der Waals surface area contributed by atoms with E-state index in [4.69, 9.17) is 15.6 Å². The first-order valence-electron chi connectivity index (χ1n) is 5.71. The van der Waals surface area contributed by atoms with Crippen LogP contribution in [0.1, 0.15) is 0 Å². The van der Waals surface area contributed by atoms with Crippen LogP contribution in [0.3, 0.4) is 0 Å². The molecule has 0 aliphatic carbocycles. The molecule has 1 atom stereocenters. The number of nitrogens with zero attached hydrogens (tertiary/aromatic N) is 1. The number of hydrogen-bond acceptors (Lipinski definition) is 7. The van der Waals surface area contributed by atoms with Gasteiger partial charge in [-0.15, -0.1) is 0 Å². The van der Waals surface area contributed by atoms with Crippen LogP contribution in [-0.4, -0.2) is 47.5 Å². The number of hydrogen-bond donors (Lipinski definition) is 4. The van der Waals surface area contributed by atoms with Crippen molar-refractivity contribution in [2.24, 2.45) is 0 Å². The van der Waals surface area contributed by atoms with Gasteiger partial charge in [0.2, 0.25) is 0 Å². The number of non-ortho nitro benzene ring substituents is 1. The molecule has 0 spiro atoms. The summed E-state index contributed by atoms with van der Waals surface area (Å²) >= 11 is 0. The van der Waals surface area contributed by atoms with Crippen molar-refractivity contribution in [3.05, 3.63) is 28.3 Å². The van der Waals surface area contributed by atoms with Gasteiger partial charge >= 0.3 is 0 Å². The van der Waals surface area contributed by atoms with Gasteiger partial charge in [0.1, 0.15) is 18.5 Å². The normalized spacial score (nSPS) is 12.1. The Morgan fingerprint density at radius 1 is 1.53 bits per heavy atom. The third-order valence-electron chi connectivity index (χ3n) is 2.31. The lowest BCUT2D eigenvalue weighted by atomic mass is 10.2. The number of benzene rings is 1. The number of anilines is 1. The van der Waals surface area contributed by atoms with Crippen LogP contribution in [0.15, 0.2) is 18.2 Å². The van der Waals surface area contributed by atoms with Crippen molar-refractivity contribution in [2.75, 3.05) is 32.0 Å². The number of ether oxygens (including phenoxy) is 1. The summed E-state index contributed by atoms with van der Waals surface area (Å²) in [7, 11) is 0. The quantitative estimate of drug-likeness (QED) is 0.217. The molecule has 106 valence electrons. The van der Waals surface area contributed by atoms with E-state index in [2.05, 4.69) is 5.32 Å². The van der Waals surface area contributed by atoms with Crippen molar-refractivity contribution in [3.8, 4) is 5.75 Å². The Hall–Kier alpha value is -1.90. The number of rotatable bonds is 8. The smallest absolute Gasteiger partial charge is 0.273 e. The molecular formula is C11H17N3O5. The molecule has 19 heavy (non-hydrogen) atoms. The van der Waals surface area contributed by atoms with Gasteiger partial charge in [-0.3, -0.25) is 10.1 Å². The number of nitrogens with one attached hydrogen (secondary N) is 1. The first-order chi connectivity index (χ1) is 9.04. The molecule has 0 bridgehead atoms. The molecule has 0 radical (unpaired) electrons. The third kappa shape index (κ3) is 5.08. The SMILES string of the molecule is Nc1ccc([N+](=O)[O-])cc1OCC(O)CNCCO. The van der Waals surface area contributed by atoms with Crippen molar-refractivity contribution in [2.45, 2.75) is 6.10 Å². The van der Waals surface area contributed by atoms with Crippen molar-refractivity contribution >= 4 is 11.4 Å². The number of nitrogens with two attached hydrogens (primary N) is 1. The van der Waals surface area contributed by atoms with Crippen LogP contribution in [0.2, 0.25) is 0 Å². The van der Waals surface area contributed by atoms with E-state index in [1.54, 1.807) is 0 Å². The predicted molar refractivity (Wildman–Crippen MR) is 69.0 cm³/mol. The zero-order valence-corrected chi connectivity index (χ0v) is 10.3. The van der Waals surface area contributed by atoms with Crippen LogP contribution < -0.4 is 15.8 Å². The summed E-state index contributed by atoms with van der Waals surface area (Å²) in [6.07, 6.45) is -0.801. The second kappa shape index (κ2) is 7.52. The molecule has 1 unspecified atom stereocenters. The first kappa shape index (κ1) is 15.2. The van der Waals surface area contributed by atoms with E-state index in [0.29, 0.717) is 6.54 Å². The molecule has 1 aromatic carbocycles. The zero-order valence-electron chi connectivity index (χ0n) is 10.3. The van der Waals surface area contributed by atoms with Gasteiger partial charge in [-0.1, -0.05) is 0 Å². The molecule has 5 N–H and O–H groups in total. The van der Waals surface area contributed by atoms with E-state index in [1.807, 2.05) is 0 Å². The van der Waals surface area contributed by atoms with E-state index < -0.39 is 11.0 Å². The summed E-state index contributed by atoms with van der Waals surface area (Å²) in [6.45, 7) is 0.542. The van der Waals surface area contributed by atoms with Crippen LogP contribution in [0.25, 0.3) is 0 Å². The third-order valence-corrected chi connectivity index (χ3v) is 2.31. The lowest BCUT2D eigenvalue weighted by Gasteiger charge is -2.13. The van der Waals surface area contributed by atoms with E-state index in [0.717, 1.165) is 0 Å². The minimum atomic E-state index is -0.801. The van der Waals surface area contributed by atoms with Gasteiger partial charge in [0.15, 0.2) is 0 Å². The second-order valence-electron chi connectivity index (χ2n) is 3.87. The lowest BCUT2D eigenvalue weighted by molar-refractivity contribution is -0.384. The van der Waals surface area contributed by atoms with Gasteiger partial charge in [-0.25, -0.2) is 0 Å². The van der Waals surface area contributed by atoms with Crippen molar-refractivity contribution in [1.82, 2.24) is 5.32 Å². The highest BCUT2D eigenvalue weighted by atomic mass is 16.6. The molecule has 0 heterocycles. The molecule has 0 aliphatic heterocycles. The Morgan fingerprint density at radius 2 is 2.26 bits per heavy atom. The minimum absolute atomic E-state index is 0.0224. The zero-order chi connectivity index (χ0) is 14.3. The first-order valence-corrected chi connectivity index (χ1v) is 5.71. The van der Waals surface area contributed by atoms with Crippen LogP contribution in [0.5, 0.6) is 5.75 Å². The number of nitro benzene ring substituents is 1. The summed E-state index contributed by atoms with van der Waals surface area (Å²) < 4.78 is 5.24. The molecule has 1 aromatic rings. The number of nitro groups is 1. The Labute approximate surface area is 110 Å². The van der Waals surface area contributed by atoms with Gasteiger partial charge in [-0.05, 0) is 6.07 Å². The van der Waals surface area contributed by atoms with E-state index in [9.17, 15) is 15.2 Å². The molecule has 8 heteroatoms. The summed E-state index contributed by atoms with van der Waals surface area (Å²) in [5.41, 5.74) is 5.76. The maximum absolute atomic E-state index is 10.6. The highest BCUT2D eigenvalue weighted by molar-refractivity contribution is 5.57. The predicted octanol–water partition coefficient (Wildman–Crippen LogP) is -0.501. The highest BCUT2D eigenvalue weighted by Crippen LogP contribution is 2.26. The Bertz CT molecular complexity index is 427. The summed E-state index contributed by atoms with van der Waals surface area (Å²) in [5, 5.41) is 31.5. The van der Waals surface area contributed by atoms with Gasteiger partial charge in [-0.2, -0.15) is 0 Å². The van der Waals surface area contributed by atoms with Crippen LogP contribution >= 0.6 is 0 Å². The summed E-state index contributed by atoms with van der Waals surface area (Å²) in [6, 6.07) is 3.87. The van der Waals surface area contributed by atoms with Crippen molar-refractivity contribution in [3.63, 3.8) is 0 Å². The topological polar surface area (TPSA) is 131 Å². The molecule has 0 aromatic heterocycles. The average Bonchev–Trinajstić information content (AvgIpc) is 2.37. The van der Waals surface area contributed by atoms with E-state index in [-0.39, 0.29) is 36.9 Å². The van der Waals surface area contributed by atoms with Gasteiger partial charge in [0, 0.05) is 19.2 Å². The molecule has 0 fully saturated rings. The fraction of sp³-hybridized carbons (Fsp3) is 0.455. The largest absolute Gasteiger partial charge is 0.488 e. The fourth-order valence-corrected chi connectivity index (χ4v) is 1.35. The van der Waals surface area contributed by atoms with Crippen LogP contribution in [0, 0.1) is 10.1 Å². The molecular weight excluding hydrogens is 254 g/mol. The molecule has 0 saturated carbocycles. The lowest BCUT2D eigenvalue weighted by Crippen LogP contribution is -2.33. The van der Waals surface area contributed by atoms with Crippen molar-refractivity contribution in [1.29, 1.82) is 0 Å². The molecule has 0 saturated heterocycles. The van der Waals surface area contributed by atoms with E-state index in [1.165, 1.54) is 18.2 Å². The van der Waals surface area contributed by atoms with Crippen molar-refractivity contribution < 1.29 is 19.9 Å². The molecule has 0 amide bonds. The standard InChI is InChI=1S/C11H17N3O5/c12-10-2-1-8(14(17)18)5-11(10)19-7-9(16)6-13-3-4-15/h1-2,5,9,13,15-16H,3-4,6-7,12H2. The van der Waals surface area contributed by atoms with Gasteiger partial charge < -0.3 is 26.0 Å². The van der Waals surface area contributed by atoms with Crippen LogP contribution in [0.4, 0.5) is 11.4 Å². The average molecular weight is 271 g/mol.